The summed E-state index contributed by atoms with van der Waals surface area (Å²) in [6.07, 6.45) is -1.66. The zero-order valence-electron chi connectivity index (χ0n) is 22.2. The highest BCUT2D eigenvalue weighted by atomic mass is 35.5. The molecule has 2 amide bonds. The van der Waals surface area contributed by atoms with Crippen LogP contribution in [-0.2, 0) is 27.8 Å². The first-order chi connectivity index (χ1) is 20.2. The lowest BCUT2D eigenvalue weighted by molar-refractivity contribution is -0.192. The van der Waals surface area contributed by atoms with E-state index in [1.807, 2.05) is 42.5 Å². The third-order valence-corrected chi connectivity index (χ3v) is 7.64. The number of carbonyl (C=O) groups is 2. The summed E-state index contributed by atoms with van der Waals surface area (Å²) in [5.74, 6) is -1.89. The lowest BCUT2D eigenvalue weighted by Gasteiger charge is -2.17. The van der Waals surface area contributed by atoms with E-state index in [9.17, 15) is 26.4 Å². The van der Waals surface area contributed by atoms with Crippen LogP contribution in [0.5, 0.6) is 0 Å². The summed E-state index contributed by atoms with van der Waals surface area (Å²) in [5.41, 5.74) is 4.28. The molecule has 0 saturated carbocycles. The van der Waals surface area contributed by atoms with Crippen molar-refractivity contribution in [2.75, 3.05) is 29.0 Å². The van der Waals surface area contributed by atoms with E-state index in [1.165, 1.54) is 6.20 Å². The largest absolute Gasteiger partial charge is 0.490 e. The normalized spacial score (nSPS) is 16.5. The van der Waals surface area contributed by atoms with E-state index < -0.39 is 28.4 Å². The van der Waals surface area contributed by atoms with Gasteiger partial charge in [0.1, 0.15) is 5.02 Å². The molecule has 2 aliphatic rings. The Bertz CT molecular complexity index is 1630. The Morgan fingerprint density at radius 1 is 1.12 bits per heavy atom. The number of rotatable bonds is 3. The van der Waals surface area contributed by atoms with Crippen molar-refractivity contribution in [3.63, 3.8) is 0 Å². The molecule has 13 nitrogen and oxygen atoms in total. The van der Waals surface area contributed by atoms with Crippen LogP contribution in [0.15, 0.2) is 48.7 Å². The van der Waals surface area contributed by atoms with Crippen LogP contribution >= 0.6 is 11.6 Å². The molecule has 7 N–H and O–H groups in total. The predicted octanol–water partition coefficient (Wildman–Crippen LogP) is 3.75. The van der Waals surface area contributed by atoms with Crippen molar-refractivity contribution in [3.8, 4) is 0 Å². The Hall–Kier alpha value is -4.19. The summed E-state index contributed by atoms with van der Waals surface area (Å²) in [7, 11) is -3.77. The van der Waals surface area contributed by atoms with E-state index >= 15 is 0 Å². The monoisotopic (exact) mass is 642 g/mol. The number of nitrogens with one attached hydrogen (secondary N) is 4. The maximum absolute atomic E-state index is 12.7. The Kier molecular flexibility index (Phi) is 9.59. The van der Waals surface area contributed by atoms with Crippen molar-refractivity contribution < 1.29 is 36.3 Å². The molecule has 0 radical (unpaired) electrons. The Morgan fingerprint density at radius 3 is 2.51 bits per heavy atom. The summed E-state index contributed by atoms with van der Waals surface area (Å²) in [4.78, 5) is 30.4. The molecule has 0 aliphatic carbocycles. The second kappa shape index (κ2) is 13.0. The van der Waals surface area contributed by atoms with Crippen molar-refractivity contribution in [2.45, 2.75) is 31.5 Å². The van der Waals surface area contributed by atoms with Crippen molar-refractivity contribution in [2.24, 2.45) is 5.14 Å². The molecule has 2 aromatic carbocycles. The van der Waals surface area contributed by atoms with E-state index in [1.54, 1.807) is 0 Å². The summed E-state index contributed by atoms with van der Waals surface area (Å²) in [6.45, 7) is 0.421. The van der Waals surface area contributed by atoms with Crippen LogP contribution in [-0.4, -0.2) is 65.1 Å². The standard InChI is InChI=1S/C23H25ClN8O3S.C2HF3O2/c24-19-12-26-22-28-16-3-1-2-14(10-16)4-5-15-11-17(27-21(19)31-22)6-7-20(15)30-23(33)29-18-8-9-32(13-18)36(25,34)35;3-2(4,5)1(6)7/h1-3,6-7,10-12,18H,4-5,8-9,13H2,(H2,25,34,35)(H2,29,30,33)(H2,26,27,28,31);(H,6,7)/t18-;/m1./s1. The van der Waals surface area contributed by atoms with Crippen LogP contribution in [0.4, 0.5) is 46.8 Å². The number of anilines is 5. The molecule has 18 heteroatoms. The minimum Gasteiger partial charge on any atom is -0.475 e. The van der Waals surface area contributed by atoms with Crippen LogP contribution in [0.1, 0.15) is 17.5 Å². The summed E-state index contributed by atoms with van der Waals surface area (Å²) < 4.78 is 56.0. The molecule has 1 fully saturated rings. The number of alkyl halides is 3. The number of carbonyl (C=O) groups excluding carboxylic acids is 1. The minimum atomic E-state index is -5.08. The Morgan fingerprint density at radius 2 is 1.84 bits per heavy atom. The topological polar surface area (TPSA) is 192 Å². The van der Waals surface area contributed by atoms with Crippen LogP contribution in [0.25, 0.3) is 0 Å². The number of carboxylic acids is 1. The number of hydrogen-bond acceptors (Lipinski definition) is 8. The number of halogens is 4. The smallest absolute Gasteiger partial charge is 0.475 e. The average molecular weight is 643 g/mol. The van der Waals surface area contributed by atoms with Crippen LogP contribution in [0, 0.1) is 0 Å². The van der Waals surface area contributed by atoms with E-state index in [4.69, 9.17) is 26.6 Å². The molecule has 0 spiro atoms. The summed E-state index contributed by atoms with van der Waals surface area (Å²) >= 11 is 6.32. The fourth-order valence-corrected chi connectivity index (χ4v) is 5.17. The molecule has 1 saturated heterocycles. The van der Waals surface area contributed by atoms with Gasteiger partial charge in [0, 0.05) is 36.2 Å². The number of nitrogens with two attached hydrogens (primary N) is 1. The van der Waals surface area contributed by atoms with Gasteiger partial charge < -0.3 is 26.4 Å². The zero-order valence-corrected chi connectivity index (χ0v) is 23.7. The maximum atomic E-state index is 12.7. The molecule has 230 valence electrons. The number of urea groups is 1. The highest BCUT2D eigenvalue weighted by molar-refractivity contribution is 7.86. The van der Waals surface area contributed by atoms with E-state index in [0.29, 0.717) is 35.3 Å². The van der Waals surface area contributed by atoms with Gasteiger partial charge in [-0.1, -0.05) is 23.7 Å². The molecular formula is C25H26ClF3N8O5S. The van der Waals surface area contributed by atoms with Crippen molar-refractivity contribution in [3.05, 3.63) is 64.8 Å². The number of hydrogen-bond donors (Lipinski definition) is 6. The van der Waals surface area contributed by atoms with Gasteiger partial charge in [-0.05, 0) is 60.7 Å². The van der Waals surface area contributed by atoms with Crippen LogP contribution in [0.3, 0.4) is 0 Å². The number of aliphatic carboxylic acids is 1. The molecule has 1 aromatic heterocycles. The van der Waals surface area contributed by atoms with Crippen molar-refractivity contribution in [1.82, 2.24) is 19.6 Å². The van der Waals surface area contributed by atoms with Crippen molar-refractivity contribution in [1.29, 1.82) is 0 Å². The molecule has 0 unspecified atom stereocenters. The minimum absolute atomic E-state index is 0.147. The van der Waals surface area contributed by atoms with Gasteiger partial charge in [0.25, 0.3) is 10.2 Å². The van der Waals surface area contributed by atoms with Gasteiger partial charge in [-0.2, -0.15) is 30.9 Å². The molecule has 5 rings (SSSR count). The Balaban J connectivity index is 0.000000541. The Labute approximate surface area is 248 Å². The summed E-state index contributed by atoms with van der Waals surface area (Å²) in [5, 5.41) is 24.9. The second-order valence-electron chi connectivity index (χ2n) is 9.50. The quantitative estimate of drug-likeness (QED) is 0.247. The van der Waals surface area contributed by atoms with E-state index in [-0.39, 0.29) is 19.1 Å². The van der Waals surface area contributed by atoms with E-state index in [0.717, 1.165) is 33.2 Å². The van der Waals surface area contributed by atoms with Crippen LogP contribution in [0.2, 0.25) is 5.02 Å². The second-order valence-corrected chi connectivity index (χ2v) is 11.5. The maximum Gasteiger partial charge on any atom is 0.490 e. The van der Waals surface area contributed by atoms with Gasteiger partial charge >= 0.3 is 18.2 Å². The molecule has 3 heterocycles. The lowest BCUT2D eigenvalue weighted by atomic mass is 10.0. The molecular weight excluding hydrogens is 617 g/mol. The highest BCUT2D eigenvalue weighted by Crippen LogP contribution is 2.29. The highest BCUT2D eigenvalue weighted by Gasteiger charge is 2.38. The molecule has 43 heavy (non-hydrogen) atoms. The SMILES string of the molecule is NS(=O)(=O)N1CC[C@@H](NC(=O)Nc2ccc3cc2CCc2cccc(c2)Nc2ncc(Cl)c(n2)N3)C1.O=C(O)C(F)(F)F. The van der Waals surface area contributed by atoms with Gasteiger partial charge in [0.2, 0.25) is 5.95 Å². The number of carboxylic acid groups (broad SMARTS) is 1. The number of aryl methyl sites for hydroxylation is 2. The predicted molar refractivity (Wildman–Crippen MR) is 153 cm³/mol. The first-order valence-corrected chi connectivity index (χ1v) is 14.5. The third-order valence-electron chi connectivity index (χ3n) is 6.32. The molecule has 2 aliphatic heterocycles. The fraction of sp³-hybridized carbons (Fsp3) is 0.280. The molecule has 1 atom stereocenters. The third kappa shape index (κ3) is 8.90. The number of nitrogens with zero attached hydrogens (tertiary/aromatic N) is 3. The number of aromatic nitrogens is 2. The van der Waals surface area contributed by atoms with Gasteiger partial charge in [-0.25, -0.2) is 19.7 Å². The number of amides is 2. The average Bonchev–Trinajstić information content (AvgIpc) is 3.39. The van der Waals surface area contributed by atoms with Crippen molar-refractivity contribution >= 4 is 62.6 Å². The first kappa shape index (κ1) is 31.7. The fourth-order valence-electron chi connectivity index (χ4n) is 4.29. The summed E-state index contributed by atoms with van der Waals surface area (Å²) in [6, 6.07) is 12.8. The first-order valence-electron chi connectivity index (χ1n) is 12.6. The number of fused-ring (bicyclic) bond motifs is 6. The molecule has 6 bridgehead atoms. The van der Waals surface area contributed by atoms with Gasteiger partial charge in [-0.3, -0.25) is 0 Å². The van der Waals surface area contributed by atoms with Gasteiger partial charge in [0.15, 0.2) is 5.82 Å². The van der Waals surface area contributed by atoms with Gasteiger partial charge in [0.05, 0.1) is 6.20 Å². The van der Waals surface area contributed by atoms with E-state index in [2.05, 4.69) is 31.2 Å². The van der Waals surface area contributed by atoms with Crippen LogP contribution < -0.4 is 26.4 Å². The zero-order chi connectivity index (χ0) is 31.4. The number of benzene rings is 2. The lowest BCUT2D eigenvalue weighted by Crippen LogP contribution is -2.42. The van der Waals surface area contributed by atoms with Gasteiger partial charge in [-0.15, -0.1) is 0 Å². The molecule has 3 aromatic rings.